The molecule has 0 N–H and O–H groups in total. The van der Waals surface area contributed by atoms with Gasteiger partial charge >= 0.3 is 5.97 Å². The SMILES string of the molecule is CCCCCCCCOC(=O)c1ccc2cc(CC(C)OCCC)ccc2c1. The van der Waals surface area contributed by atoms with E-state index in [2.05, 4.69) is 39.0 Å². The fraction of sp³-hybridized carbons (Fsp3) is 0.560. The van der Waals surface area contributed by atoms with E-state index >= 15 is 0 Å². The van der Waals surface area contributed by atoms with Gasteiger partial charge in [0.15, 0.2) is 0 Å². The van der Waals surface area contributed by atoms with Crippen LogP contribution in [-0.2, 0) is 15.9 Å². The van der Waals surface area contributed by atoms with Crippen molar-refractivity contribution < 1.29 is 14.3 Å². The third-order valence-corrected chi connectivity index (χ3v) is 5.00. The summed E-state index contributed by atoms with van der Waals surface area (Å²) in [6, 6.07) is 12.2. The van der Waals surface area contributed by atoms with Crippen molar-refractivity contribution in [2.75, 3.05) is 13.2 Å². The Hall–Kier alpha value is -1.87. The minimum Gasteiger partial charge on any atom is -0.462 e. The molecule has 0 spiro atoms. The number of hydrogen-bond acceptors (Lipinski definition) is 3. The second-order valence-corrected chi connectivity index (χ2v) is 7.69. The molecule has 1 unspecified atom stereocenters. The Morgan fingerprint density at radius 3 is 2.36 bits per heavy atom. The van der Waals surface area contributed by atoms with Gasteiger partial charge in [-0.2, -0.15) is 0 Å². The molecular weight excluding hydrogens is 348 g/mol. The maximum Gasteiger partial charge on any atom is 0.338 e. The van der Waals surface area contributed by atoms with Crippen molar-refractivity contribution in [3.63, 3.8) is 0 Å². The summed E-state index contributed by atoms with van der Waals surface area (Å²) in [6.07, 6.45) is 9.30. The van der Waals surface area contributed by atoms with Gasteiger partial charge in [-0.05, 0) is 54.7 Å². The summed E-state index contributed by atoms with van der Waals surface area (Å²) in [5.74, 6) is -0.221. The fourth-order valence-electron chi connectivity index (χ4n) is 3.39. The van der Waals surface area contributed by atoms with Crippen LogP contribution in [0.4, 0.5) is 0 Å². The molecule has 0 amide bonds. The number of carbonyl (C=O) groups is 1. The number of esters is 1. The molecule has 0 saturated heterocycles. The lowest BCUT2D eigenvalue weighted by Gasteiger charge is -2.13. The molecule has 28 heavy (non-hydrogen) atoms. The van der Waals surface area contributed by atoms with Crippen LogP contribution < -0.4 is 0 Å². The maximum atomic E-state index is 12.3. The number of unbranched alkanes of at least 4 members (excludes halogenated alkanes) is 5. The first-order valence-electron chi connectivity index (χ1n) is 11.0. The predicted octanol–water partition coefficient (Wildman–Crippen LogP) is 6.71. The Labute approximate surface area is 170 Å². The Kier molecular flexibility index (Phi) is 10.1. The normalized spacial score (nSPS) is 12.2. The van der Waals surface area contributed by atoms with Gasteiger partial charge in [0, 0.05) is 6.61 Å². The third-order valence-electron chi connectivity index (χ3n) is 5.00. The topological polar surface area (TPSA) is 35.5 Å². The highest BCUT2D eigenvalue weighted by atomic mass is 16.5. The van der Waals surface area contributed by atoms with Crippen molar-refractivity contribution >= 4 is 16.7 Å². The zero-order chi connectivity index (χ0) is 20.2. The first-order chi connectivity index (χ1) is 13.6. The molecule has 0 fully saturated rings. The highest BCUT2D eigenvalue weighted by Crippen LogP contribution is 2.20. The number of hydrogen-bond donors (Lipinski definition) is 0. The summed E-state index contributed by atoms with van der Waals surface area (Å²) >= 11 is 0. The smallest absolute Gasteiger partial charge is 0.338 e. The van der Waals surface area contributed by atoms with Crippen LogP contribution in [0.15, 0.2) is 36.4 Å². The molecule has 3 heteroatoms. The van der Waals surface area contributed by atoms with Crippen LogP contribution in [0.5, 0.6) is 0 Å². The largest absolute Gasteiger partial charge is 0.462 e. The summed E-state index contributed by atoms with van der Waals surface area (Å²) in [5.41, 5.74) is 1.89. The van der Waals surface area contributed by atoms with Gasteiger partial charge in [0.25, 0.3) is 0 Å². The predicted molar refractivity (Wildman–Crippen MR) is 117 cm³/mol. The summed E-state index contributed by atoms with van der Waals surface area (Å²) in [5, 5.41) is 2.22. The Balaban J connectivity index is 1.86. The molecule has 2 aromatic rings. The van der Waals surface area contributed by atoms with Crippen molar-refractivity contribution in [1.82, 2.24) is 0 Å². The monoisotopic (exact) mass is 384 g/mol. The van der Waals surface area contributed by atoms with Gasteiger partial charge in [-0.15, -0.1) is 0 Å². The zero-order valence-corrected chi connectivity index (χ0v) is 17.8. The van der Waals surface area contributed by atoms with Crippen LogP contribution in [0.3, 0.4) is 0 Å². The molecule has 1 atom stereocenters. The van der Waals surface area contributed by atoms with Crippen LogP contribution >= 0.6 is 0 Å². The molecule has 154 valence electrons. The van der Waals surface area contributed by atoms with Crippen molar-refractivity contribution in [3.05, 3.63) is 47.5 Å². The average molecular weight is 385 g/mol. The van der Waals surface area contributed by atoms with E-state index in [4.69, 9.17) is 9.47 Å². The quantitative estimate of drug-likeness (QED) is 0.284. The number of carbonyl (C=O) groups excluding carboxylic acids is 1. The standard InChI is InChI=1S/C25H36O3/c1-4-6-7-8-9-10-16-28-25(26)24-14-13-22-18-21(11-12-23(22)19-24)17-20(3)27-15-5-2/h11-14,18-20H,4-10,15-17H2,1-3H3. The van der Waals surface area contributed by atoms with Gasteiger partial charge in [0.2, 0.25) is 0 Å². The minimum absolute atomic E-state index is 0.216. The van der Waals surface area contributed by atoms with Crippen molar-refractivity contribution in [2.24, 2.45) is 0 Å². The highest BCUT2D eigenvalue weighted by Gasteiger charge is 2.09. The molecule has 0 heterocycles. The van der Waals surface area contributed by atoms with Gasteiger partial charge in [-0.1, -0.05) is 70.2 Å². The van der Waals surface area contributed by atoms with Crippen LogP contribution in [0.25, 0.3) is 10.8 Å². The van der Waals surface area contributed by atoms with Crippen molar-refractivity contribution in [1.29, 1.82) is 0 Å². The van der Waals surface area contributed by atoms with E-state index in [0.29, 0.717) is 12.2 Å². The van der Waals surface area contributed by atoms with Crippen molar-refractivity contribution in [3.8, 4) is 0 Å². The van der Waals surface area contributed by atoms with Crippen LogP contribution in [0.1, 0.15) is 81.6 Å². The lowest BCUT2D eigenvalue weighted by Crippen LogP contribution is -2.12. The second-order valence-electron chi connectivity index (χ2n) is 7.69. The zero-order valence-electron chi connectivity index (χ0n) is 17.8. The molecule has 0 radical (unpaired) electrons. The Morgan fingerprint density at radius 2 is 1.57 bits per heavy atom. The first kappa shape index (κ1) is 22.4. The van der Waals surface area contributed by atoms with E-state index in [1.807, 2.05) is 18.2 Å². The summed E-state index contributed by atoms with van der Waals surface area (Å²) in [6.45, 7) is 7.77. The average Bonchev–Trinajstić information content (AvgIpc) is 2.71. The van der Waals surface area contributed by atoms with Crippen LogP contribution in [0, 0.1) is 0 Å². The Bertz CT molecular complexity index is 723. The molecule has 0 aliphatic rings. The summed E-state index contributed by atoms with van der Waals surface area (Å²) < 4.78 is 11.2. The minimum atomic E-state index is -0.221. The van der Waals surface area contributed by atoms with Gasteiger partial charge in [-0.3, -0.25) is 0 Å². The molecule has 0 saturated carbocycles. The van der Waals surface area contributed by atoms with Gasteiger partial charge in [0.1, 0.15) is 0 Å². The number of benzene rings is 2. The second kappa shape index (κ2) is 12.6. The van der Waals surface area contributed by atoms with Gasteiger partial charge < -0.3 is 9.47 Å². The maximum absolute atomic E-state index is 12.3. The fourth-order valence-corrected chi connectivity index (χ4v) is 3.39. The van der Waals surface area contributed by atoms with E-state index in [1.165, 1.54) is 31.2 Å². The summed E-state index contributed by atoms with van der Waals surface area (Å²) in [7, 11) is 0. The number of fused-ring (bicyclic) bond motifs is 1. The molecule has 2 aromatic carbocycles. The molecule has 0 bridgehead atoms. The molecule has 3 nitrogen and oxygen atoms in total. The third kappa shape index (κ3) is 7.63. The van der Waals surface area contributed by atoms with E-state index in [0.717, 1.165) is 43.1 Å². The first-order valence-corrected chi connectivity index (χ1v) is 11.0. The summed E-state index contributed by atoms with van der Waals surface area (Å²) in [4.78, 5) is 12.3. The van der Waals surface area contributed by atoms with Crippen molar-refractivity contribution in [2.45, 2.75) is 78.2 Å². The molecular formula is C25H36O3. The Morgan fingerprint density at radius 1 is 0.857 bits per heavy atom. The molecule has 0 aliphatic carbocycles. The lowest BCUT2D eigenvalue weighted by atomic mass is 10.0. The van der Waals surface area contributed by atoms with Crippen LogP contribution in [0.2, 0.25) is 0 Å². The number of rotatable bonds is 13. The van der Waals surface area contributed by atoms with E-state index in [9.17, 15) is 4.79 Å². The molecule has 0 aliphatic heterocycles. The van der Waals surface area contributed by atoms with Gasteiger partial charge in [0.05, 0.1) is 18.3 Å². The van der Waals surface area contributed by atoms with E-state index < -0.39 is 0 Å². The van der Waals surface area contributed by atoms with Gasteiger partial charge in [-0.25, -0.2) is 4.79 Å². The lowest BCUT2D eigenvalue weighted by molar-refractivity contribution is 0.0498. The van der Waals surface area contributed by atoms with Crippen LogP contribution in [-0.4, -0.2) is 25.3 Å². The highest BCUT2D eigenvalue weighted by molar-refractivity contribution is 5.95. The molecule has 2 rings (SSSR count). The van der Waals surface area contributed by atoms with E-state index in [1.54, 1.807) is 0 Å². The molecule has 0 aromatic heterocycles. The van der Waals surface area contributed by atoms with E-state index in [-0.39, 0.29) is 12.1 Å². The number of ether oxygens (including phenoxy) is 2.